The van der Waals surface area contributed by atoms with Gasteiger partial charge in [0.15, 0.2) is 0 Å². The van der Waals surface area contributed by atoms with E-state index in [1.54, 1.807) is 0 Å². The summed E-state index contributed by atoms with van der Waals surface area (Å²) in [5.41, 5.74) is 2.55. The zero-order valence-electron chi connectivity index (χ0n) is 11.1. The molecule has 0 fully saturated rings. The summed E-state index contributed by atoms with van der Waals surface area (Å²) in [6, 6.07) is 20.8. The molecule has 0 aromatic heterocycles. The first-order valence-corrected chi connectivity index (χ1v) is 7.36. The van der Waals surface area contributed by atoms with E-state index in [0.717, 1.165) is 0 Å². The van der Waals surface area contributed by atoms with E-state index in [4.69, 9.17) is 28.4 Å². The average molecular weight is 487 g/mol. The number of benzene rings is 2. The van der Waals surface area contributed by atoms with Gasteiger partial charge in [-0.2, -0.15) is 0 Å². The zero-order valence-corrected chi connectivity index (χ0v) is 17.0. The molecular weight excluding hydrogens is 477 g/mol. The molecule has 113 valence electrons. The molecule has 0 saturated heterocycles. The van der Waals surface area contributed by atoms with E-state index in [1.807, 2.05) is 12.1 Å². The number of hydrogen-bond acceptors (Lipinski definition) is 6. The Morgan fingerprint density at radius 1 is 0.545 bits per heavy atom. The maximum absolute atomic E-state index is 8.35. The third kappa shape index (κ3) is 18.0. The van der Waals surface area contributed by atoms with Crippen LogP contribution >= 0.6 is 26.1 Å². The Bertz CT molecular complexity index is 435. The molecule has 0 aliphatic heterocycles. The first-order valence-electron chi connectivity index (χ1n) is 5.17. The molecule has 0 heterocycles. The predicted octanol–water partition coefficient (Wildman–Crippen LogP) is 2.01. The molecule has 10 heteroatoms. The van der Waals surface area contributed by atoms with Crippen LogP contribution in [-0.4, -0.2) is 0 Å². The van der Waals surface area contributed by atoms with Crippen LogP contribution in [0.1, 0.15) is 0 Å². The minimum Gasteiger partial charge on any atom is -0.772 e. The maximum atomic E-state index is 8.35. The van der Waals surface area contributed by atoms with Crippen molar-refractivity contribution < 1.29 is 69.2 Å². The van der Waals surface area contributed by atoms with E-state index < -0.39 is 26.1 Å². The predicted molar refractivity (Wildman–Crippen MR) is 74.7 cm³/mol. The quantitative estimate of drug-likeness (QED) is 0.568. The topological polar surface area (TPSA) is 120 Å². The van der Waals surface area contributed by atoms with E-state index in [-0.39, 0.29) is 40.8 Å². The molecule has 0 amide bonds. The molecule has 6 nitrogen and oxygen atoms in total. The average Bonchev–Trinajstić information content (AvgIpc) is 2.51. The molecule has 0 aliphatic rings. The zero-order chi connectivity index (χ0) is 16.3. The van der Waals surface area contributed by atoms with Gasteiger partial charge in [0, 0.05) is 0 Å². The van der Waals surface area contributed by atoms with Gasteiger partial charge >= 0.3 is 40.8 Å². The van der Waals surface area contributed by atoms with E-state index in [0.29, 0.717) is 0 Å². The number of rotatable bonds is 1. The van der Waals surface area contributed by atoms with Gasteiger partial charge in [0.1, 0.15) is 0 Å². The van der Waals surface area contributed by atoms with Crippen LogP contribution < -0.4 is 14.7 Å². The second-order valence-corrected chi connectivity index (χ2v) is 3.40. The van der Waals surface area contributed by atoms with Crippen LogP contribution in [0.3, 0.4) is 0 Å². The van der Waals surface area contributed by atoms with Gasteiger partial charge in [0.2, 0.25) is 0 Å². The first-order chi connectivity index (χ1) is 10.2. The summed E-state index contributed by atoms with van der Waals surface area (Å²) in [5.74, 6) is 0. The van der Waals surface area contributed by atoms with E-state index in [2.05, 4.69) is 48.5 Å². The largest absolute Gasteiger partial charge is 3.00 e. The summed E-state index contributed by atoms with van der Waals surface area (Å²) >= 11 is 0. The van der Waals surface area contributed by atoms with Crippen LogP contribution in [0.25, 0.3) is 11.1 Å². The van der Waals surface area contributed by atoms with Crippen LogP contribution in [0.2, 0.25) is 0 Å². The van der Waals surface area contributed by atoms with Crippen molar-refractivity contribution in [3.63, 3.8) is 0 Å². The summed E-state index contributed by atoms with van der Waals surface area (Å²) in [5, 5.41) is 0. The minimum atomic E-state index is -1.08. The normalized spacial score (nSPS) is 8.14. The molecule has 2 aromatic carbocycles. The summed E-state index contributed by atoms with van der Waals surface area (Å²) in [7, 11) is -3.25. The Labute approximate surface area is 166 Å². The molecule has 0 bridgehead atoms. The van der Waals surface area contributed by atoms with Gasteiger partial charge in [-0.25, -0.2) is 0 Å². The minimum absolute atomic E-state index is 0. The molecule has 0 spiro atoms. The molecule has 22 heavy (non-hydrogen) atoms. The molecule has 2 aromatic rings. The van der Waals surface area contributed by atoms with Crippen molar-refractivity contribution in [3.8, 4) is 11.1 Å². The SMILES string of the molecule is O=P[O-].O=P[O-].O=P[O-].[Nd+3].c1ccc(-c2ccccc2)cc1. The summed E-state index contributed by atoms with van der Waals surface area (Å²) in [6.07, 6.45) is 0. The monoisotopic (exact) mass is 485 g/mol. The molecule has 0 N–H and O–H groups in total. The molecule has 1 radical (unpaired) electrons. The van der Waals surface area contributed by atoms with Crippen molar-refractivity contribution in [2.45, 2.75) is 0 Å². The van der Waals surface area contributed by atoms with Crippen molar-refractivity contribution >= 4 is 26.1 Å². The van der Waals surface area contributed by atoms with E-state index in [9.17, 15) is 0 Å². The molecule has 0 aliphatic carbocycles. The first kappa shape index (κ1) is 26.8. The second-order valence-electron chi connectivity index (χ2n) is 2.96. The molecule has 2 rings (SSSR count). The van der Waals surface area contributed by atoms with Crippen LogP contribution in [0, 0.1) is 40.8 Å². The molecule has 0 unspecified atom stereocenters. The Hall–Kier alpha value is -0.0294. The Kier molecular flexibility index (Phi) is 28.4. The van der Waals surface area contributed by atoms with Crippen molar-refractivity contribution in [3.05, 3.63) is 60.7 Å². The number of hydrogen-bond donors (Lipinski definition) is 0. The van der Waals surface area contributed by atoms with Gasteiger partial charge in [-0.05, 0) is 11.1 Å². The maximum Gasteiger partial charge on any atom is 3.00 e. The third-order valence-corrected chi connectivity index (χ3v) is 1.88. The van der Waals surface area contributed by atoms with Crippen molar-refractivity contribution in [2.75, 3.05) is 0 Å². The van der Waals surface area contributed by atoms with E-state index >= 15 is 0 Å². The summed E-state index contributed by atoms with van der Waals surface area (Å²) < 4.78 is 25.0. The molecule has 0 atom stereocenters. The van der Waals surface area contributed by atoms with Gasteiger partial charge in [0.05, 0.1) is 26.1 Å². The Morgan fingerprint density at radius 3 is 0.909 bits per heavy atom. The van der Waals surface area contributed by atoms with Gasteiger partial charge in [-0.3, -0.25) is 13.7 Å². The molecular formula is C12H10NdO6P3. The third-order valence-electron chi connectivity index (χ3n) is 1.88. The van der Waals surface area contributed by atoms with Gasteiger partial charge in [-0.15, -0.1) is 0 Å². The summed E-state index contributed by atoms with van der Waals surface area (Å²) in [4.78, 5) is 25.0. The van der Waals surface area contributed by atoms with Crippen molar-refractivity contribution in [2.24, 2.45) is 0 Å². The second kappa shape index (κ2) is 23.2. The Morgan fingerprint density at radius 2 is 0.727 bits per heavy atom. The fraction of sp³-hybridized carbons (Fsp3) is 0. The Balaban J connectivity index is -0.000000307. The molecule has 0 saturated carbocycles. The van der Waals surface area contributed by atoms with Crippen LogP contribution in [0.4, 0.5) is 0 Å². The van der Waals surface area contributed by atoms with Gasteiger partial charge < -0.3 is 14.7 Å². The summed E-state index contributed by atoms with van der Waals surface area (Å²) in [6.45, 7) is 0. The standard InChI is InChI=1S/C12H10.Nd.3HO2P/c1-3-7-11(8-4-1)12-9-5-2-6-10-12;;3*1-3-2/h1-10H;;3*(H,1,2)/q;+3;;;/p-3. The van der Waals surface area contributed by atoms with Crippen LogP contribution in [-0.2, 0) is 13.7 Å². The smallest absolute Gasteiger partial charge is 0.772 e. The fourth-order valence-electron chi connectivity index (χ4n) is 1.26. The van der Waals surface area contributed by atoms with Crippen LogP contribution in [0.5, 0.6) is 0 Å². The van der Waals surface area contributed by atoms with E-state index in [1.165, 1.54) is 11.1 Å². The van der Waals surface area contributed by atoms with Gasteiger partial charge in [0.25, 0.3) is 0 Å². The fourth-order valence-corrected chi connectivity index (χ4v) is 1.26. The van der Waals surface area contributed by atoms with Crippen LogP contribution in [0.15, 0.2) is 60.7 Å². The van der Waals surface area contributed by atoms with Gasteiger partial charge in [-0.1, -0.05) is 60.7 Å². The van der Waals surface area contributed by atoms with Crippen molar-refractivity contribution in [1.29, 1.82) is 0 Å². The van der Waals surface area contributed by atoms with Crippen molar-refractivity contribution in [1.82, 2.24) is 0 Å².